The van der Waals surface area contributed by atoms with Crippen LogP contribution in [-0.2, 0) is 9.53 Å². The van der Waals surface area contributed by atoms with Crippen LogP contribution < -0.4 is 0 Å². The fourth-order valence-electron chi connectivity index (χ4n) is 1.29. The van der Waals surface area contributed by atoms with Gasteiger partial charge in [0.2, 0.25) is 0 Å². The standard InChI is InChI=1S/C15H13F5O2/c1-11(6-5-9-12-7-3-2-4-8-12)13(21)22-10-14(16,17)15(18,19)20/h2-9H,10H2,1H3. The van der Waals surface area contributed by atoms with Gasteiger partial charge >= 0.3 is 18.1 Å². The van der Waals surface area contributed by atoms with E-state index in [1.165, 1.54) is 19.1 Å². The van der Waals surface area contributed by atoms with Gasteiger partial charge in [-0.2, -0.15) is 22.0 Å². The van der Waals surface area contributed by atoms with Gasteiger partial charge in [0, 0.05) is 5.57 Å². The van der Waals surface area contributed by atoms with E-state index in [0.717, 1.165) is 5.56 Å². The number of alkyl halides is 5. The van der Waals surface area contributed by atoms with Gasteiger partial charge in [0.05, 0.1) is 0 Å². The number of rotatable bonds is 5. The molecule has 0 bridgehead atoms. The fourth-order valence-corrected chi connectivity index (χ4v) is 1.29. The van der Waals surface area contributed by atoms with Gasteiger partial charge in [0.1, 0.15) is 0 Å². The summed E-state index contributed by atoms with van der Waals surface area (Å²) in [6.45, 7) is -0.785. The Bertz CT molecular complexity index is 559. The summed E-state index contributed by atoms with van der Waals surface area (Å²) in [6, 6.07) is 8.99. The molecule has 0 unspecified atom stereocenters. The van der Waals surface area contributed by atoms with Crippen LogP contribution in [0.3, 0.4) is 0 Å². The summed E-state index contributed by atoms with van der Waals surface area (Å²) < 4.78 is 64.9. The van der Waals surface area contributed by atoms with E-state index in [1.54, 1.807) is 30.3 Å². The topological polar surface area (TPSA) is 26.3 Å². The highest BCUT2D eigenvalue weighted by Gasteiger charge is 2.58. The molecule has 0 N–H and O–H groups in total. The fraction of sp³-hybridized carbons (Fsp3) is 0.267. The van der Waals surface area contributed by atoms with Crippen LogP contribution in [0, 0.1) is 0 Å². The molecular weight excluding hydrogens is 307 g/mol. The average Bonchev–Trinajstić information content (AvgIpc) is 2.44. The summed E-state index contributed by atoms with van der Waals surface area (Å²) in [4.78, 5) is 11.3. The van der Waals surface area contributed by atoms with Crippen molar-refractivity contribution in [2.45, 2.75) is 19.0 Å². The maximum absolute atomic E-state index is 12.6. The van der Waals surface area contributed by atoms with Crippen molar-refractivity contribution in [2.75, 3.05) is 6.61 Å². The minimum atomic E-state index is -5.75. The first-order valence-corrected chi connectivity index (χ1v) is 6.15. The van der Waals surface area contributed by atoms with Gasteiger partial charge in [0.25, 0.3) is 0 Å². The number of esters is 1. The number of carbonyl (C=O) groups excluding carboxylic acids is 1. The smallest absolute Gasteiger partial charge is 0.456 e. The molecule has 1 aromatic rings. The van der Waals surface area contributed by atoms with Crippen molar-refractivity contribution >= 4 is 12.0 Å². The highest BCUT2D eigenvalue weighted by atomic mass is 19.4. The Morgan fingerprint density at radius 2 is 1.73 bits per heavy atom. The molecule has 1 aromatic carbocycles. The zero-order chi connectivity index (χ0) is 16.8. The lowest BCUT2D eigenvalue weighted by Crippen LogP contribution is -2.41. The Morgan fingerprint density at radius 1 is 1.14 bits per heavy atom. The molecule has 0 fully saturated rings. The molecule has 7 heteroatoms. The van der Waals surface area contributed by atoms with Gasteiger partial charge in [-0.05, 0) is 12.5 Å². The largest absolute Gasteiger partial charge is 0.456 e. The van der Waals surface area contributed by atoms with E-state index in [4.69, 9.17) is 0 Å². The zero-order valence-electron chi connectivity index (χ0n) is 11.5. The molecule has 0 aliphatic carbocycles. The second-order valence-corrected chi connectivity index (χ2v) is 4.40. The Kier molecular flexibility index (Phi) is 5.84. The Balaban J connectivity index is 2.59. The van der Waals surface area contributed by atoms with E-state index < -0.39 is 24.7 Å². The zero-order valence-corrected chi connectivity index (χ0v) is 11.5. The van der Waals surface area contributed by atoms with Crippen LogP contribution in [0.5, 0.6) is 0 Å². The molecule has 0 saturated carbocycles. The number of allylic oxidation sites excluding steroid dienone is 2. The van der Waals surface area contributed by atoms with Crippen LogP contribution in [0.25, 0.3) is 6.08 Å². The van der Waals surface area contributed by atoms with Crippen molar-refractivity contribution in [1.29, 1.82) is 0 Å². The van der Waals surface area contributed by atoms with E-state index in [9.17, 15) is 26.7 Å². The lowest BCUT2D eigenvalue weighted by Gasteiger charge is -2.19. The van der Waals surface area contributed by atoms with Gasteiger partial charge in [-0.15, -0.1) is 0 Å². The number of hydrogen-bond acceptors (Lipinski definition) is 2. The van der Waals surface area contributed by atoms with Gasteiger partial charge < -0.3 is 4.74 Å². The molecular formula is C15H13F5O2. The third-order valence-corrected chi connectivity index (χ3v) is 2.56. The van der Waals surface area contributed by atoms with Gasteiger partial charge in [-0.25, -0.2) is 4.79 Å². The molecule has 22 heavy (non-hydrogen) atoms. The first-order valence-electron chi connectivity index (χ1n) is 6.15. The first kappa shape index (κ1) is 17.9. The van der Waals surface area contributed by atoms with Crippen molar-refractivity contribution in [3.8, 4) is 0 Å². The highest BCUT2D eigenvalue weighted by Crippen LogP contribution is 2.35. The molecule has 0 heterocycles. The van der Waals surface area contributed by atoms with Crippen LogP contribution in [0.1, 0.15) is 12.5 Å². The molecule has 0 aliphatic rings. The Labute approximate surface area is 123 Å². The third kappa shape index (κ3) is 5.31. The quantitative estimate of drug-likeness (QED) is 0.348. The summed E-state index contributed by atoms with van der Waals surface area (Å²) in [5.74, 6) is -6.30. The predicted molar refractivity (Wildman–Crippen MR) is 71.2 cm³/mol. The number of carbonyl (C=O) groups is 1. The van der Waals surface area contributed by atoms with Crippen LogP contribution in [0.15, 0.2) is 48.1 Å². The van der Waals surface area contributed by atoms with E-state index in [1.807, 2.05) is 6.07 Å². The van der Waals surface area contributed by atoms with E-state index >= 15 is 0 Å². The van der Waals surface area contributed by atoms with Crippen LogP contribution in [0.2, 0.25) is 0 Å². The van der Waals surface area contributed by atoms with Crippen molar-refractivity contribution < 1.29 is 31.5 Å². The number of ether oxygens (including phenoxy) is 1. The molecule has 0 spiro atoms. The highest BCUT2D eigenvalue weighted by molar-refractivity contribution is 5.88. The molecule has 2 nitrogen and oxygen atoms in total. The van der Waals surface area contributed by atoms with E-state index in [0.29, 0.717) is 0 Å². The summed E-state index contributed by atoms with van der Waals surface area (Å²) in [5.41, 5.74) is 0.744. The van der Waals surface area contributed by atoms with Gasteiger partial charge in [0.15, 0.2) is 6.61 Å². The average molecular weight is 320 g/mol. The van der Waals surface area contributed by atoms with E-state index in [-0.39, 0.29) is 5.57 Å². The number of halogens is 5. The molecule has 0 saturated heterocycles. The molecule has 0 atom stereocenters. The summed E-state index contributed by atoms with van der Waals surface area (Å²) in [7, 11) is 0. The molecule has 0 aliphatic heterocycles. The number of hydrogen-bond donors (Lipinski definition) is 0. The Hall–Kier alpha value is -2.18. The monoisotopic (exact) mass is 320 g/mol. The molecule has 0 amide bonds. The van der Waals surface area contributed by atoms with Gasteiger partial charge in [-0.1, -0.05) is 48.6 Å². The lowest BCUT2D eigenvalue weighted by molar-refractivity contribution is -0.293. The third-order valence-electron chi connectivity index (χ3n) is 2.56. The van der Waals surface area contributed by atoms with Crippen molar-refractivity contribution in [3.63, 3.8) is 0 Å². The van der Waals surface area contributed by atoms with Gasteiger partial charge in [-0.3, -0.25) is 0 Å². The van der Waals surface area contributed by atoms with Crippen molar-refractivity contribution in [2.24, 2.45) is 0 Å². The second-order valence-electron chi connectivity index (χ2n) is 4.40. The number of benzene rings is 1. The summed E-state index contributed by atoms with van der Waals surface area (Å²) in [6.07, 6.45) is -1.38. The van der Waals surface area contributed by atoms with Crippen LogP contribution in [-0.4, -0.2) is 24.7 Å². The van der Waals surface area contributed by atoms with Crippen molar-refractivity contribution in [3.05, 3.63) is 53.6 Å². The predicted octanol–water partition coefficient (Wildman–Crippen LogP) is 4.39. The normalized spacial score (nSPS) is 13.5. The minimum absolute atomic E-state index is 0.0924. The maximum atomic E-state index is 12.6. The molecule has 1 rings (SSSR count). The minimum Gasteiger partial charge on any atom is -0.456 e. The molecule has 0 radical (unpaired) electrons. The van der Waals surface area contributed by atoms with E-state index in [2.05, 4.69) is 4.74 Å². The molecule has 0 aromatic heterocycles. The SMILES string of the molecule is CC(=CC=Cc1ccccc1)C(=O)OCC(F)(F)C(F)(F)F. The maximum Gasteiger partial charge on any atom is 0.456 e. The lowest BCUT2D eigenvalue weighted by atomic mass is 10.2. The van der Waals surface area contributed by atoms with Crippen molar-refractivity contribution in [1.82, 2.24) is 0 Å². The second kappa shape index (κ2) is 7.20. The first-order chi connectivity index (χ1) is 10.1. The summed E-state index contributed by atoms with van der Waals surface area (Å²) >= 11 is 0. The molecule has 120 valence electrons. The van der Waals surface area contributed by atoms with Crippen LogP contribution >= 0.6 is 0 Å². The Morgan fingerprint density at radius 3 is 2.27 bits per heavy atom. The summed E-state index contributed by atoms with van der Waals surface area (Å²) in [5, 5.41) is 0. The van der Waals surface area contributed by atoms with Crippen LogP contribution in [0.4, 0.5) is 22.0 Å².